The number of amides is 2. The largest absolute Gasteiger partial charge is 0.480 e. The lowest BCUT2D eigenvalue weighted by molar-refractivity contribution is -0.135. The number of aliphatic carboxylic acids is 1. The van der Waals surface area contributed by atoms with Gasteiger partial charge in [0.1, 0.15) is 6.54 Å². The molecule has 1 heterocycles. The Bertz CT molecular complexity index is 270. The monoisotopic (exact) mass is 244 g/mol. The molecule has 1 saturated heterocycles. The molecule has 0 aromatic rings. The summed E-state index contributed by atoms with van der Waals surface area (Å²) in [6.45, 7) is 3.62. The van der Waals surface area contributed by atoms with Gasteiger partial charge in [-0.1, -0.05) is 6.92 Å². The normalized spacial score (nSPS) is 20.1. The zero-order valence-electron chi connectivity index (χ0n) is 10.1. The Morgan fingerprint density at radius 1 is 1.53 bits per heavy atom. The molecular weight excluding hydrogens is 224 g/mol. The lowest BCUT2D eigenvalue weighted by Gasteiger charge is -2.32. The van der Waals surface area contributed by atoms with Crippen molar-refractivity contribution in [2.75, 3.05) is 26.2 Å². The summed E-state index contributed by atoms with van der Waals surface area (Å²) in [5.41, 5.74) is 0. The third kappa shape index (κ3) is 5.04. The highest BCUT2D eigenvalue weighted by atomic mass is 16.5. The maximum Gasteiger partial charge on any atom is 0.323 e. The Morgan fingerprint density at radius 3 is 2.94 bits per heavy atom. The average Bonchev–Trinajstić information content (AvgIpc) is 2.33. The van der Waals surface area contributed by atoms with Crippen LogP contribution in [-0.4, -0.2) is 54.4 Å². The Hall–Kier alpha value is -1.30. The summed E-state index contributed by atoms with van der Waals surface area (Å²) < 4.78 is 5.60. The van der Waals surface area contributed by atoms with Gasteiger partial charge in [-0.3, -0.25) is 4.79 Å². The number of carboxylic acid groups (broad SMARTS) is 1. The minimum absolute atomic E-state index is 0.0827. The number of carboxylic acids is 1. The highest BCUT2D eigenvalue weighted by Crippen LogP contribution is 2.13. The fourth-order valence-corrected chi connectivity index (χ4v) is 1.81. The van der Waals surface area contributed by atoms with Crippen LogP contribution in [0.15, 0.2) is 0 Å². The number of piperidine rings is 1. The number of nitrogens with one attached hydrogen (secondary N) is 1. The number of likely N-dealkylation sites (tertiary alicyclic amines) is 1. The van der Waals surface area contributed by atoms with E-state index < -0.39 is 5.97 Å². The molecule has 2 N–H and O–H groups in total. The first-order valence-electron chi connectivity index (χ1n) is 5.99. The van der Waals surface area contributed by atoms with E-state index in [2.05, 4.69) is 5.32 Å². The summed E-state index contributed by atoms with van der Waals surface area (Å²) in [6.07, 6.45) is 2.90. The van der Waals surface area contributed by atoms with Crippen LogP contribution >= 0.6 is 0 Å². The Morgan fingerprint density at radius 2 is 2.29 bits per heavy atom. The molecule has 1 atom stereocenters. The van der Waals surface area contributed by atoms with E-state index in [9.17, 15) is 9.59 Å². The van der Waals surface area contributed by atoms with Gasteiger partial charge < -0.3 is 20.1 Å². The van der Waals surface area contributed by atoms with E-state index >= 15 is 0 Å². The van der Waals surface area contributed by atoms with Gasteiger partial charge in [-0.2, -0.15) is 0 Å². The molecule has 1 unspecified atom stereocenters. The van der Waals surface area contributed by atoms with E-state index in [1.807, 2.05) is 6.92 Å². The van der Waals surface area contributed by atoms with Crippen LogP contribution in [0.2, 0.25) is 0 Å². The standard InChI is InChI=1S/C11H20N2O4/c1-2-6-17-9-4-3-5-13(8-9)11(16)12-7-10(14)15/h9H,2-8H2,1H3,(H,12,16)(H,14,15). The van der Waals surface area contributed by atoms with Crippen molar-refractivity contribution >= 4 is 12.0 Å². The third-order valence-electron chi connectivity index (χ3n) is 2.61. The van der Waals surface area contributed by atoms with Crippen LogP contribution in [0.25, 0.3) is 0 Å². The van der Waals surface area contributed by atoms with Crippen LogP contribution in [0.3, 0.4) is 0 Å². The number of rotatable bonds is 5. The maximum absolute atomic E-state index is 11.6. The molecule has 17 heavy (non-hydrogen) atoms. The second kappa shape index (κ2) is 7.11. The summed E-state index contributed by atoms with van der Waals surface area (Å²) in [5, 5.41) is 10.8. The summed E-state index contributed by atoms with van der Waals surface area (Å²) in [5.74, 6) is -1.03. The van der Waals surface area contributed by atoms with Gasteiger partial charge in [0.2, 0.25) is 0 Å². The molecule has 0 aromatic heterocycles. The Labute approximate surface area is 101 Å². The van der Waals surface area contributed by atoms with Crippen LogP contribution in [0.5, 0.6) is 0 Å². The van der Waals surface area contributed by atoms with Crippen molar-refractivity contribution in [1.82, 2.24) is 10.2 Å². The van der Waals surface area contributed by atoms with Crippen LogP contribution in [0.1, 0.15) is 26.2 Å². The van der Waals surface area contributed by atoms with Crippen LogP contribution in [0.4, 0.5) is 4.79 Å². The summed E-state index contributed by atoms with van der Waals surface area (Å²) >= 11 is 0. The summed E-state index contributed by atoms with van der Waals surface area (Å²) in [6, 6.07) is -0.322. The fraction of sp³-hybridized carbons (Fsp3) is 0.818. The van der Waals surface area contributed by atoms with Crippen LogP contribution in [0, 0.1) is 0 Å². The number of hydrogen-bond donors (Lipinski definition) is 2. The van der Waals surface area contributed by atoms with Crippen LogP contribution < -0.4 is 5.32 Å². The number of carbonyl (C=O) groups is 2. The van der Waals surface area contributed by atoms with Gasteiger partial charge in [0, 0.05) is 19.7 Å². The molecule has 0 radical (unpaired) electrons. The van der Waals surface area contributed by atoms with Gasteiger partial charge in [-0.15, -0.1) is 0 Å². The molecule has 0 spiro atoms. The molecule has 6 nitrogen and oxygen atoms in total. The lowest BCUT2D eigenvalue weighted by Crippen LogP contribution is -2.48. The molecule has 0 aliphatic carbocycles. The van der Waals surface area contributed by atoms with E-state index in [-0.39, 0.29) is 18.7 Å². The van der Waals surface area contributed by atoms with E-state index in [1.165, 1.54) is 0 Å². The second-order valence-electron chi connectivity index (χ2n) is 4.13. The SMILES string of the molecule is CCCOC1CCCN(C(=O)NCC(=O)O)C1. The summed E-state index contributed by atoms with van der Waals surface area (Å²) in [4.78, 5) is 23.6. The number of hydrogen-bond acceptors (Lipinski definition) is 3. The molecule has 1 rings (SSSR count). The van der Waals surface area contributed by atoms with Crippen molar-refractivity contribution in [1.29, 1.82) is 0 Å². The van der Waals surface area contributed by atoms with Crippen molar-refractivity contribution in [3.05, 3.63) is 0 Å². The van der Waals surface area contributed by atoms with Gasteiger partial charge in [-0.05, 0) is 19.3 Å². The second-order valence-corrected chi connectivity index (χ2v) is 4.13. The van der Waals surface area contributed by atoms with E-state index in [1.54, 1.807) is 4.90 Å². The molecule has 2 amide bonds. The minimum atomic E-state index is -1.03. The Kier molecular flexibility index (Phi) is 5.76. The topological polar surface area (TPSA) is 78.9 Å². The van der Waals surface area contributed by atoms with E-state index in [4.69, 9.17) is 9.84 Å². The van der Waals surface area contributed by atoms with Crippen LogP contribution in [-0.2, 0) is 9.53 Å². The minimum Gasteiger partial charge on any atom is -0.480 e. The highest BCUT2D eigenvalue weighted by Gasteiger charge is 2.23. The van der Waals surface area contributed by atoms with E-state index in [0.29, 0.717) is 19.7 Å². The van der Waals surface area contributed by atoms with Gasteiger partial charge in [0.25, 0.3) is 0 Å². The molecule has 98 valence electrons. The molecule has 0 aromatic carbocycles. The van der Waals surface area contributed by atoms with E-state index in [0.717, 1.165) is 19.3 Å². The number of ether oxygens (including phenoxy) is 1. The first-order valence-corrected chi connectivity index (χ1v) is 5.99. The zero-order valence-corrected chi connectivity index (χ0v) is 10.1. The predicted molar refractivity (Wildman–Crippen MR) is 61.9 cm³/mol. The molecule has 0 bridgehead atoms. The highest BCUT2D eigenvalue weighted by molar-refractivity contribution is 5.80. The average molecular weight is 244 g/mol. The molecule has 6 heteroatoms. The third-order valence-corrected chi connectivity index (χ3v) is 2.61. The molecule has 1 aliphatic heterocycles. The number of nitrogens with zero attached hydrogens (tertiary/aromatic N) is 1. The maximum atomic E-state index is 11.6. The molecule has 1 aliphatic rings. The van der Waals surface area contributed by atoms with Crippen molar-refractivity contribution in [3.63, 3.8) is 0 Å². The zero-order chi connectivity index (χ0) is 12.7. The molecular formula is C11H20N2O4. The van der Waals surface area contributed by atoms with Crippen molar-refractivity contribution in [2.24, 2.45) is 0 Å². The first-order chi connectivity index (χ1) is 8.13. The number of urea groups is 1. The van der Waals surface area contributed by atoms with Crippen molar-refractivity contribution in [3.8, 4) is 0 Å². The quantitative estimate of drug-likeness (QED) is 0.745. The summed E-state index contributed by atoms with van der Waals surface area (Å²) in [7, 11) is 0. The number of carbonyl (C=O) groups excluding carboxylic acids is 1. The van der Waals surface area contributed by atoms with Gasteiger partial charge in [0.05, 0.1) is 6.10 Å². The lowest BCUT2D eigenvalue weighted by atomic mass is 10.1. The van der Waals surface area contributed by atoms with Gasteiger partial charge in [-0.25, -0.2) is 4.79 Å². The van der Waals surface area contributed by atoms with Gasteiger partial charge >= 0.3 is 12.0 Å². The Balaban J connectivity index is 2.32. The van der Waals surface area contributed by atoms with Crippen molar-refractivity contribution in [2.45, 2.75) is 32.3 Å². The fourth-order valence-electron chi connectivity index (χ4n) is 1.81. The van der Waals surface area contributed by atoms with Crippen molar-refractivity contribution < 1.29 is 19.4 Å². The predicted octanol–water partition coefficient (Wildman–Crippen LogP) is 0.672. The first kappa shape index (κ1) is 13.8. The molecule has 1 fully saturated rings. The smallest absolute Gasteiger partial charge is 0.323 e. The van der Waals surface area contributed by atoms with Gasteiger partial charge in [0.15, 0.2) is 0 Å². The molecule has 0 saturated carbocycles.